The Hall–Kier alpha value is -1.63. The lowest BCUT2D eigenvalue weighted by atomic mass is 10.1. The standard InChI is InChI=1S/C23H40N6/c1-4-11-28-12-9-22(10-13-28)26-23(24-2)25-18-20-5-7-21(8-6-20)19-29-16-14-27(3)15-17-29/h5-8,22H,4,9-19H2,1-3H3,(H2,24,25,26). The van der Waals surface area contributed by atoms with Gasteiger partial charge in [-0.05, 0) is 44.0 Å². The summed E-state index contributed by atoms with van der Waals surface area (Å²) in [5.41, 5.74) is 2.70. The Balaban J connectivity index is 1.39. The second-order valence-corrected chi connectivity index (χ2v) is 8.58. The fraction of sp³-hybridized carbons (Fsp3) is 0.696. The first-order valence-electron chi connectivity index (χ1n) is 11.3. The van der Waals surface area contributed by atoms with Gasteiger partial charge in [0, 0.05) is 65.4 Å². The Bertz CT molecular complexity index is 613. The summed E-state index contributed by atoms with van der Waals surface area (Å²) in [4.78, 5) is 11.9. The van der Waals surface area contributed by atoms with Crippen LogP contribution < -0.4 is 10.6 Å². The summed E-state index contributed by atoms with van der Waals surface area (Å²) in [5.74, 6) is 0.917. The lowest BCUT2D eigenvalue weighted by Gasteiger charge is -2.32. The maximum absolute atomic E-state index is 4.42. The molecule has 1 aromatic carbocycles. The van der Waals surface area contributed by atoms with Gasteiger partial charge in [0.25, 0.3) is 0 Å². The Labute approximate surface area is 177 Å². The molecule has 162 valence electrons. The molecule has 2 saturated heterocycles. The molecule has 0 radical (unpaired) electrons. The monoisotopic (exact) mass is 400 g/mol. The van der Waals surface area contributed by atoms with E-state index in [1.807, 2.05) is 7.05 Å². The van der Waals surface area contributed by atoms with E-state index in [1.54, 1.807) is 0 Å². The van der Waals surface area contributed by atoms with E-state index in [1.165, 1.54) is 76.2 Å². The van der Waals surface area contributed by atoms with Crippen LogP contribution in [0.5, 0.6) is 0 Å². The minimum absolute atomic E-state index is 0.528. The third-order valence-corrected chi connectivity index (χ3v) is 6.18. The van der Waals surface area contributed by atoms with E-state index in [4.69, 9.17) is 0 Å². The van der Waals surface area contributed by atoms with Gasteiger partial charge in [0.05, 0.1) is 0 Å². The zero-order chi connectivity index (χ0) is 20.5. The van der Waals surface area contributed by atoms with Crippen LogP contribution in [0.15, 0.2) is 29.3 Å². The number of piperazine rings is 1. The summed E-state index contributed by atoms with van der Waals surface area (Å²) in [6, 6.07) is 9.56. The Morgan fingerprint density at radius 3 is 2.24 bits per heavy atom. The van der Waals surface area contributed by atoms with Crippen LogP contribution in [-0.2, 0) is 13.1 Å². The van der Waals surface area contributed by atoms with Gasteiger partial charge < -0.3 is 20.4 Å². The largest absolute Gasteiger partial charge is 0.354 e. The Morgan fingerprint density at radius 1 is 0.966 bits per heavy atom. The van der Waals surface area contributed by atoms with Gasteiger partial charge in [-0.1, -0.05) is 31.2 Å². The molecule has 29 heavy (non-hydrogen) atoms. The van der Waals surface area contributed by atoms with E-state index in [0.29, 0.717) is 6.04 Å². The number of piperidine rings is 1. The van der Waals surface area contributed by atoms with Crippen molar-refractivity contribution >= 4 is 5.96 Å². The highest BCUT2D eigenvalue weighted by atomic mass is 15.2. The minimum atomic E-state index is 0.528. The number of nitrogens with zero attached hydrogens (tertiary/aromatic N) is 4. The molecule has 2 heterocycles. The molecule has 0 bridgehead atoms. The van der Waals surface area contributed by atoms with Crippen LogP contribution in [0.2, 0.25) is 0 Å². The van der Waals surface area contributed by atoms with Gasteiger partial charge >= 0.3 is 0 Å². The number of hydrogen-bond donors (Lipinski definition) is 2. The Morgan fingerprint density at radius 2 is 1.62 bits per heavy atom. The van der Waals surface area contributed by atoms with Crippen molar-refractivity contribution in [2.24, 2.45) is 4.99 Å². The zero-order valence-corrected chi connectivity index (χ0v) is 18.7. The van der Waals surface area contributed by atoms with Gasteiger partial charge in [-0.3, -0.25) is 9.89 Å². The van der Waals surface area contributed by atoms with Gasteiger partial charge in [0.15, 0.2) is 5.96 Å². The predicted octanol–water partition coefficient (Wildman–Crippen LogP) is 1.97. The van der Waals surface area contributed by atoms with E-state index in [9.17, 15) is 0 Å². The fourth-order valence-electron chi connectivity index (χ4n) is 4.22. The number of aliphatic imine (C=N–C) groups is 1. The van der Waals surface area contributed by atoms with E-state index >= 15 is 0 Å². The van der Waals surface area contributed by atoms with E-state index in [-0.39, 0.29) is 0 Å². The highest BCUT2D eigenvalue weighted by molar-refractivity contribution is 5.79. The number of likely N-dealkylation sites (N-methyl/N-ethyl adjacent to an activating group) is 1. The number of guanidine groups is 1. The second kappa shape index (κ2) is 11.5. The average molecular weight is 401 g/mol. The zero-order valence-electron chi connectivity index (χ0n) is 18.7. The van der Waals surface area contributed by atoms with Crippen LogP contribution in [0.25, 0.3) is 0 Å². The van der Waals surface area contributed by atoms with Crippen molar-refractivity contribution in [1.29, 1.82) is 0 Å². The molecule has 3 rings (SSSR count). The second-order valence-electron chi connectivity index (χ2n) is 8.58. The van der Waals surface area contributed by atoms with Crippen molar-refractivity contribution in [2.75, 3.05) is 59.9 Å². The molecule has 0 aromatic heterocycles. The highest BCUT2D eigenvalue weighted by Crippen LogP contribution is 2.11. The van der Waals surface area contributed by atoms with Gasteiger partial charge in [0.1, 0.15) is 0 Å². The molecule has 0 saturated carbocycles. The first-order valence-corrected chi connectivity index (χ1v) is 11.3. The van der Waals surface area contributed by atoms with Crippen molar-refractivity contribution < 1.29 is 0 Å². The summed E-state index contributed by atoms with van der Waals surface area (Å²) in [6.45, 7) is 12.4. The van der Waals surface area contributed by atoms with E-state index < -0.39 is 0 Å². The molecule has 2 fully saturated rings. The summed E-state index contributed by atoms with van der Waals surface area (Å²) >= 11 is 0. The molecule has 2 aliphatic rings. The van der Waals surface area contributed by atoms with Crippen LogP contribution in [0.4, 0.5) is 0 Å². The molecule has 2 N–H and O–H groups in total. The quantitative estimate of drug-likeness (QED) is 0.541. The van der Waals surface area contributed by atoms with E-state index in [0.717, 1.165) is 19.0 Å². The topological polar surface area (TPSA) is 46.1 Å². The SMILES string of the molecule is CCCN1CCC(NC(=NC)NCc2ccc(CN3CCN(C)CC3)cc2)CC1. The normalized spacial score (nSPS) is 20.7. The summed E-state index contributed by atoms with van der Waals surface area (Å²) in [7, 11) is 4.07. The molecule has 0 atom stereocenters. The van der Waals surface area contributed by atoms with Crippen molar-refractivity contribution in [3.8, 4) is 0 Å². The fourth-order valence-corrected chi connectivity index (χ4v) is 4.22. The third kappa shape index (κ3) is 7.28. The molecule has 0 spiro atoms. The van der Waals surface area contributed by atoms with Crippen molar-refractivity contribution in [2.45, 2.75) is 45.3 Å². The van der Waals surface area contributed by atoms with Gasteiger partial charge in [0.2, 0.25) is 0 Å². The molecule has 0 unspecified atom stereocenters. The van der Waals surface area contributed by atoms with Gasteiger partial charge in [-0.25, -0.2) is 0 Å². The number of hydrogen-bond acceptors (Lipinski definition) is 4. The average Bonchev–Trinajstić information content (AvgIpc) is 2.75. The third-order valence-electron chi connectivity index (χ3n) is 6.18. The lowest BCUT2D eigenvalue weighted by molar-refractivity contribution is 0.148. The highest BCUT2D eigenvalue weighted by Gasteiger charge is 2.19. The van der Waals surface area contributed by atoms with Crippen molar-refractivity contribution in [3.63, 3.8) is 0 Å². The number of benzene rings is 1. The number of likely N-dealkylation sites (tertiary alicyclic amines) is 1. The maximum Gasteiger partial charge on any atom is 0.191 e. The lowest BCUT2D eigenvalue weighted by Crippen LogP contribution is -2.48. The molecular formula is C23H40N6. The van der Waals surface area contributed by atoms with Crippen LogP contribution in [0.1, 0.15) is 37.3 Å². The smallest absolute Gasteiger partial charge is 0.191 e. The molecular weight excluding hydrogens is 360 g/mol. The van der Waals surface area contributed by atoms with Crippen LogP contribution in [0, 0.1) is 0 Å². The predicted molar refractivity (Wildman–Crippen MR) is 122 cm³/mol. The molecule has 1 aromatic rings. The molecule has 6 heteroatoms. The summed E-state index contributed by atoms with van der Waals surface area (Å²) in [5, 5.41) is 7.09. The summed E-state index contributed by atoms with van der Waals surface area (Å²) in [6.07, 6.45) is 3.64. The molecule has 6 nitrogen and oxygen atoms in total. The minimum Gasteiger partial charge on any atom is -0.354 e. The maximum atomic E-state index is 4.42. The Kier molecular flexibility index (Phi) is 8.77. The molecule has 0 amide bonds. The number of nitrogens with one attached hydrogen (secondary N) is 2. The van der Waals surface area contributed by atoms with Crippen LogP contribution in [0.3, 0.4) is 0 Å². The van der Waals surface area contributed by atoms with Crippen molar-refractivity contribution in [1.82, 2.24) is 25.3 Å². The summed E-state index contributed by atoms with van der Waals surface area (Å²) < 4.78 is 0. The molecule has 0 aliphatic carbocycles. The van der Waals surface area contributed by atoms with Gasteiger partial charge in [-0.15, -0.1) is 0 Å². The van der Waals surface area contributed by atoms with Crippen LogP contribution in [-0.4, -0.2) is 86.6 Å². The molecule has 2 aliphatic heterocycles. The van der Waals surface area contributed by atoms with Gasteiger partial charge in [-0.2, -0.15) is 0 Å². The van der Waals surface area contributed by atoms with Crippen LogP contribution >= 0.6 is 0 Å². The first-order chi connectivity index (χ1) is 14.2. The number of rotatable bonds is 7. The van der Waals surface area contributed by atoms with Crippen molar-refractivity contribution in [3.05, 3.63) is 35.4 Å². The first kappa shape index (κ1) is 22.1. The van der Waals surface area contributed by atoms with E-state index in [2.05, 4.69) is 68.6 Å².